The lowest BCUT2D eigenvalue weighted by Crippen LogP contribution is -2.31. The van der Waals surface area contributed by atoms with Gasteiger partial charge in [0.2, 0.25) is 0 Å². The van der Waals surface area contributed by atoms with E-state index < -0.39 is 5.41 Å². The third-order valence-electron chi connectivity index (χ3n) is 6.13. The Hall–Kier alpha value is -4.04. The van der Waals surface area contributed by atoms with Gasteiger partial charge in [0.25, 0.3) is 0 Å². The highest BCUT2D eigenvalue weighted by Crippen LogP contribution is 2.46. The maximum atomic E-state index is 10.0. The van der Waals surface area contributed by atoms with Crippen LogP contribution in [0.3, 0.4) is 0 Å². The van der Waals surface area contributed by atoms with Crippen molar-refractivity contribution in [3.8, 4) is 11.5 Å². The lowest BCUT2D eigenvalue weighted by atomic mass is 9.65. The fraction of sp³-hybridized carbons (Fsp3) is 0.0968. The lowest BCUT2D eigenvalue weighted by Gasteiger charge is -2.37. The van der Waals surface area contributed by atoms with Crippen molar-refractivity contribution in [3.63, 3.8) is 0 Å². The second kappa shape index (κ2) is 9.62. The van der Waals surface area contributed by atoms with Crippen LogP contribution in [0.2, 0.25) is 0 Å². The molecule has 0 amide bonds. The molecule has 0 bridgehead atoms. The van der Waals surface area contributed by atoms with Crippen LogP contribution < -0.4 is 0 Å². The summed E-state index contributed by atoms with van der Waals surface area (Å²) in [7, 11) is 0. The average Bonchev–Trinajstić information content (AvgIpc) is 2.84. The van der Waals surface area contributed by atoms with Gasteiger partial charge in [-0.2, -0.15) is 0 Å². The van der Waals surface area contributed by atoms with E-state index in [0.717, 1.165) is 35.1 Å². The van der Waals surface area contributed by atoms with Crippen molar-refractivity contribution >= 4 is 0 Å². The van der Waals surface area contributed by atoms with Gasteiger partial charge < -0.3 is 10.2 Å². The Morgan fingerprint density at radius 2 is 0.758 bits per heavy atom. The van der Waals surface area contributed by atoms with Gasteiger partial charge in [0.1, 0.15) is 11.5 Å². The minimum Gasteiger partial charge on any atom is -0.508 e. The Bertz CT molecular complexity index is 1120. The van der Waals surface area contributed by atoms with E-state index in [1.54, 1.807) is 24.3 Å². The van der Waals surface area contributed by atoms with Crippen molar-refractivity contribution in [3.05, 3.63) is 156 Å². The minimum absolute atomic E-state index is 0.223. The third-order valence-corrected chi connectivity index (χ3v) is 6.13. The monoisotopic (exact) mass is 432 g/mol. The first-order chi connectivity index (χ1) is 16.1. The van der Waals surface area contributed by atoms with Crippen LogP contribution in [0.5, 0.6) is 11.5 Å². The van der Waals surface area contributed by atoms with Crippen LogP contribution in [0.15, 0.2) is 122 Å². The smallest absolute Gasteiger partial charge is 0.115 e. The number of phenols is 2. The Morgan fingerprint density at radius 3 is 1.03 bits per heavy atom. The SMILES string of the molecule is C=CCc1ccc(C(c2ccc(O)cc2)(c2ccc(O)cc2)c2ccc(CC=C)cc2)cc1. The predicted molar refractivity (Wildman–Crippen MR) is 136 cm³/mol. The maximum absolute atomic E-state index is 10.0. The molecule has 0 spiro atoms. The average molecular weight is 433 g/mol. The molecule has 0 unspecified atom stereocenters. The summed E-state index contributed by atoms with van der Waals surface area (Å²) >= 11 is 0. The van der Waals surface area contributed by atoms with Crippen LogP contribution in [0.25, 0.3) is 0 Å². The summed E-state index contributed by atoms with van der Waals surface area (Å²) in [4.78, 5) is 0. The summed E-state index contributed by atoms with van der Waals surface area (Å²) in [5.41, 5.74) is 6.01. The van der Waals surface area contributed by atoms with E-state index in [1.165, 1.54) is 11.1 Å². The van der Waals surface area contributed by atoms with E-state index in [4.69, 9.17) is 0 Å². The van der Waals surface area contributed by atoms with Gasteiger partial charge in [0.05, 0.1) is 5.41 Å². The minimum atomic E-state index is -0.638. The van der Waals surface area contributed by atoms with E-state index in [9.17, 15) is 10.2 Å². The molecular weight excluding hydrogens is 404 g/mol. The van der Waals surface area contributed by atoms with Gasteiger partial charge in [0.15, 0.2) is 0 Å². The molecule has 0 atom stereocenters. The van der Waals surface area contributed by atoms with E-state index in [2.05, 4.69) is 61.7 Å². The Labute approximate surface area is 195 Å². The number of rotatable bonds is 8. The van der Waals surface area contributed by atoms with Crippen molar-refractivity contribution < 1.29 is 10.2 Å². The molecule has 2 N–H and O–H groups in total. The molecule has 0 radical (unpaired) electrons. The normalized spacial score (nSPS) is 11.2. The molecule has 4 rings (SSSR count). The highest BCUT2D eigenvalue weighted by Gasteiger charge is 2.38. The predicted octanol–water partition coefficient (Wildman–Crippen LogP) is 6.94. The summed E-state index contributed by atoms with van der Waals surface area (Å²) in [6.45, 7) is 7.71. The van der Waals surface area contributed by atoms with Crippen LogP contribution in [0.1, 0.15) is 33.4 Å². The molecule has 4 aromatic carbocycles. The number of aromatic hydroxyl groups is 2. The van der Waals surface area contributed by atoms with E-state index in [0.29, 0.717) is 0 Å². The van der Waals surface area contributed by atoms with Gasteiger partial charge in [-0.1, -0.05) is 84.9 Å². The number of hydrogen-bond donors (Lipinski definition) is 2. The maximum Gasteiger partial charge on any atom is 0.115 e. The van der Waals surface area contributed by atoms with Gasteiger partial charge in [-0.3, -0.25) is 0 Å². The quantitative estimate of drug-likeness (QED) is 0.234. The Kier molecular flexibility index (Phi) is 6.46. The van der Waals surface area contributed by atoms with Gasteiger partial charge in [-0.25, -0.2) is 0 Å². The molecule has 0 aliphatic carbocycles. The first kappa shape index (κ1) is 22.2. The zero-order valence-electron chi connectivity index (χ0n) is 18.6. The van der Waals surface area contributed by atoms with Crippen LogP contribution in [0, 0.1) is 0 Å². The summed E-state index contributed by atoms with van der Waals surface area (Å²) in [6.07, 6.45) is 5.42. The summed E-state index contributed by atoms with van der Waals surface area (Å²) in [5.74, 6) is 0.446. The largest absolute Gasteiger partial charge is 0.508 e. The number of phenolic OH excluding ortho intramolecular Hbond substituents is 2. The zero-order valence-corrected chi connectivity index (χ0v) is 18.6. The molecule has 164 valence electrons. The fourth-order valence-electron chi connectivity index (χ4n) is 4.54. The number of benzene rings is 4. The summed E-state index contributed by atoms with van der Waals surface area (Å²) in [5, 5.41) is 20.0. The van der Waals surface area contributed by atoms with Gasteiger partial charge in [-0.05, 0) is 70.5 Å². The molecule has 4 aromatic rings. The fourth-order valence-corrected chi connectivity index (χ4v) is 4.54. The molecule has 33 heavy (non-hydrogen) atoms. The Morgan fingerprint density at radius 1 is 0.485 bits per heavy atom. The Balaban J connectivity index is 2.04. The highest BCUT2D eigenvalue weighted by molar-refractivity contribution is 5.61. The zero-order chi connectivity index (χ0) is 23.3. The molecule has 2 heteroatoms. The van der Waals surface area contributed by atoms with Crippen molar-refractivity contribution in [2.45, 2.75) is 18.3 Å². The molecule has 0 heterocycles. The molecule has 0 aromatic heterocycles. The summed E-state index contributed by atoms with van der Waals surface area (Å²) < 4.78 is 0. The van der Waals surface area contributed by atoms with Crippen molar-refractivity contribution in [2.75, 3.05) is 0 Å². The molecule has 2 nitrogen and oxygen atoms in total. The third kappa shape index (κ3) is 4.33. The van der Waals surface area contributed by atoms with Gasteiger partial charge >= 0.3 is 0 Å². The van der Waals surface area contributed by atoms with E-state index >= 15 is 0 Å². The van der Waals surface area contributed by atoms with Crippen LogP contribution in [-0.4, -0.2) is 10.2 Å². The first-order valence-electron chi connectivity index (χ1n) is 11.1. The molecule has 0 saturated heterocycles. The van der Waals surface area contributed by atoms with E-state index in [-0.39, 0.29) is 11.5 Å². The van der Waals surface area contributed by atoms with Crippen LogP contribution in [0.4, 0.5) is 0 Å². The van der Waals surface area contributed by atoms with Crippen molar-refractivity contribution in [1.29, 1.82) is 0 Å². The van der Waals surface area contributed by atoms with Crippen LogP contribution >= 0.6 is 0 Å². The van der Waals surface area contributed by atoms with Crippen LogP contribution in [-0.2, 0) is 18.3 Å². The topological polar surface area (TPSA) is 40.5 Å². The second-order valence-electron chi connectivity index (χ2n) is 8.22. The van der Waals surface area contributed by atoms with Gasteiger partial charge in [0, 0.05) is 0 Å². The molecule has 0 aliphatic heterocycles. The van der Waals surface area contributed by atoms with Crippen molar-refractivity contribution in [2.24, 2.45) is 0 Å². The molecule has 0 aliphatic rings. The number of allylic oxidation sites excluding steroid dienone is 2. The number of hydrogen-bond acceptors (Lipinski definition) is 2. The van der Waals surface area contributed by atoms with Crippen molar-refractivity contribution in [1.82, 2.24) is 0 Å². The van der Waals surface area contributed by atoms with E-state index in [1.807, 2.05) is 36.4 Å². The standard InChI is InChI=1S/C31H28O2/c1-3-5-23-7-11-25(12-8-23)31(27-15-19-29(32)20-16-27,28-17-21-30(33)22-18-28)26-13-9-24(6-4-2)10-14-26/h3-4,7-22,32-33H,1-2,5-6H2. The lowest BCUT2D eigenvalue weighted by molar-refractivity contribution is 0.474. The molecule has 0 saturated carbocycles. The highest BCUT2D eigenvalue weighted by atomic mass is 16.3. The summed E-state index contributed by atoms with van der Waals surface area (Å²) in [6, 6.07) is 32.0. The molecular formula is C31H28O2. The molecule has 0 fully saturated rings. The van der Waals surface area contributed by atoms with Gasteiger partial charge in [-0.15, -0.1) is 13.2 Å². The second-order valence-corrected chi connectivity index (χ2v) is 8.22. The first-order valence-corrected chi connectivity index (χ1v) is 11.1.